The van der Waals surface area contributed by atoms with Gasteiger partial charge >= 0.3 is 0 Å². The lowest BCUT2D eigenvalue weighted by Gasteiger charge is -2.23. The number of fused-ring (bicyclic) bond motifs is 1. The van der Waals surface area contributed by atoms with Gasteiger partial charge < -0.3 is 0 Å². The van der Waals surface area contributed by atoms with Crippen molar-refractivity contribution < 1.29 is 22.0 Å². The van der Waals surface area contributed by atoms with Crippen molar-refractivity contribution in [2.75, 3.05) is 0 Å². The average molecular weight is 323 g/mol. The quantitative estimate of drug-likeness (QED) is 0.847. The first-order valence-corrected chi connectivity index (χ1v) is 7.00. The number of aliphatic imine (C=N–C) groups is 1. The predicted molar refractivity (Wildman–Crippen MR) is 68.4 cm³/mol. The summed E-state index contributed by atoms with van der Waals surface area (Å²) in [4.78, 5) is 3.86. The van der Waals surface area contributed by atoms with Crippen LogP contribution in [0.4, 0.5) is 22.0 Å². The molecule has 3 atom stereocenters. The lowest BCUT2D eigenvalue weighted by molar-refractivity contribution is 0.160. The molecule has 0 spiro atoms. The highest BCUT2D eigenvalue weighted by atomic mass is 32.2. The Balaban J connectivity index is 1.82. The summed E-state index contributed by atoms with van der Waals surface area (Å²) in [5, 5.41) is 1.28. The zero-order valence-corrected chi connectivity index (χ0v) is 11.3. The highest BCUT2D eigenvalue weighted by Crippen LogP contribution is 2.40. The molecule has 1 N–H and O–H groups in total. The van der Waals surface area contributed by atoms with Crippen LogP contribution in [0, 0.1) is 11.6 Å². The monoisotopic (exact) mass is 323 g/mol. The molecule has 2 aliphatic heterocycles. The van der Waals surface area contributed by atoms with E-state index in [0.717, 1.165) is 12.1 Å². The number of amidine groups is 1. The molecule has 0 bridgehead atoms. The average Bonchev–Trinajstić information content (AvgIpc) is 2.93. The van der Waals surface area contributed by atoms with Gasteiger partial charge in [-0.15, -0.1) is 0 Å². The molecule has 2 aliphatic rings. The van der Waals surface area contributed by atoms with Crippen LogP contribution >= 0.6 is 11.8 Å². The normalized spacial score (nSPS) is 28.7. The second-order valence-corrected chi connectivity index (χ2v) is 5.67. The molecule has 21 heavy (non-hydrogen) atoms. The molecule has 0 amide bonds. The van der Waals surface area contributed by atoms with Gasteiger partial charge in [0.05, 0.1) is 6.04 Å². The van der Waals surface area contributed by atoms with Crippen LogP contribution in [0.3, 0.4) is 0 Å². The number of thioether (sulfide) groups is 1. The summed E-state index contributed by atoms with van der Waals surface area (Å²) in [7, 11) is 0. The molecule has 9 heteroatoms. The molecule has 2 heterocycles. The van der Waals surface area contributed by atoms with E-state index in [9.17, 15) is 22.0 Å². The first kappa shape index (κ1) is 14.6. The largest absolute Gasteiger partial charge is 0.295 e. The van der Waals surface area contributed by atoms with Gasteiger partial charge in [0.15, 0.2) is 23.0 Å². The SMILES string of the molecule is Fc1ccc([C@@H]2C[C@H](F)C3N=C(SC(F)F)NN32)cc1F. The van der Waals surface area contributed by atoms with Crippen LogP contribution in [0.15, 0.2) is 23.2 Å². The molecule has 3 nitrogen and oxygen atoms in total. The molecule has 1 aromatic rings. The molecule has 1 saturated heterocycles. The van der Waals surface area contributed by atoms with Gasteiger partial charge in [-0.1, -0.05) is 6.07 Å². The van der Waals surface area contributed by atoms with Crippen molar-refractivity contribution in [1.29, 1.82) is 0 Å². The minimum atomic E-state index is -2.67. The number of nitrogens with zero attached hydrogens (tertiary/aromatic N) is 2. The Kier molecular flexibility index (Phi) is 3.78. The second-order valence-electron chi connectivity index (χ2n) is 4.69. The van der Waals surface area contributed by atoms with E-state index in [1.165, 1.54) is 11.1 Å². The molecule has 1 fully saturated rings. The third kappa shape index (κ3) is 2.71. The number of hydrazine groups is 1. The fourth-order valence-corrected chi connectivity index (χ4v) is 3.01. The van der Waals surface area contributed by atoms with E-state index in [0.29, 0.717) is 5.56 Å². The highest BCUT2D eigenvalue weighted by molar-refractivity contribution is 8.14. The molecule has 3 rings (SSSR count). The van der Waals surface area contributed by atoms with Crippen molar-refractivity contribution in [3.63, 3.8) is 0 Å². The summed E-state index contributed by atoms with van der Waals surface area (Å²) in [5.74, 6) is -4.70. The van der Waals surface area contributed by atoms with Crippen molar-refractivity contribution in [2.45, 2.75) is 30.6 Å². The van der Waals surface area contributed by atoms with Gasteiger partial charge in [0.2, 0.25) is 0 Å². The van der Waals surface area contributed by atoms with Crippen LogP contribution in [0.25, 0.3) is 0 Å². The molecule has 0 aliphatic carbocycles. The van der Waals surface area contributed by atoms with E-state index in [4.69, 9.17) is 0 Å². The predicted octanol–water partition coefficient (Wildman–Crippen LogP) is 3.21. The summed E-state index contributed by atoms with van der Waals surface area (Å²) >= 11 is 0.187. The smallest absolute Gasteiger partial charge is 0.291 e. The molecule has 1 unspecified atom stereocenters. The Bertz CT molecular complexity index is 582. The van der Waals surface area contributed by atoms with E-state index in [1.54, 1.807) is 0 Å². The van der Waals surface area contributed by atoms with Crippen LogP contribution in [0.5, 0.6) is 0 Å². The number of alkyl halides is 3. The minimum absolute atomic E-state index is 0.0267. The van der Waals surface area contributed by atoms with E-state index < -0.39 is 35.8 Å². The Morgan fingerprint density at radius 1 is 1.29 bits per heavy atom. The maximum atomic E-state index is 14.0. The lowest BCUT2D eigenvalue weighted by atomic mass is 10.0. The number of hydrogen-bond acceptors (Lipinski definition) is 4. The van der Waals surface area contributed by atoms with E-state index in [-0.39, 0.29) is 23.4 Å². The highest BCUT2D eigenvalue weighted by Gasteiger charge is 2.46. The first-order valence-electron chi connectivity index (χ1n) is 6.12. The van der Waals surface area contributed by atoms with Gasteiger partial charge in [0, 0.05) is 6.42 Å². The Labute approximate surface area is 121 Å². The zero-order valence-electron chi connectivity index (χ0n) is 10.4. The van der Waals surface area contributed by atoms with Crippen LogP contribution in [-0.2, 0) is 0 Å². The summed E-state index contributed by atoms with van der Waals surface area (Å²) in [5.41, 5.74) is 2.97. The third-order valence-electron chi connectivity index (χ3n) is 3.40. The van der Waals surface area contributed by atoms with Gasteiger partial charge in [0.1, 0.15) is 6.17 Å². The Morgan fingerprint density at radius 3 is 2.71 bits per heavy atom. The van der Waals surface area contributed by atoms with Crippen molar-refractivity contribution >= 4 is 16.9 Å². The van der Waals surface area contributed by atoms with Crippen LogP contribution in [0.2, 0.25) is 0 Å². The van der Waals surface area contributed by atoms with E-state index >= 15 is 0 Å². The first-order chi connectivity index (χ1) is 9.95. The molecular weight excluding hydrogens is 313 g/mol. The Hall–Kier alpha value is -1.35. The number of benzene rings is 1. The van der Waals surface area contributed by atoms with Crippen molar-refractivity contribution in [3.8, 4) is 0 Å². The molecule has 1 aromatic carbocycles. The van der Waals surface area contributed by atoms with Gasteiger partial charge in [-0.2, -0.15) is 13.8 Å². The number of halogens is 5. The molecular formula is C12H10F5N3S. The third-order valence-corrected chi connectivity index (χ3v) is 3.99. The summed E-state index contributed by atoms with van der Waals surface area (Å²) in [6.45, 7) is 0. The Morgan fingerprint density at radius 2 is 2.05 bits per heavy atom. The van der Waals surface area contributed by atoms with Crippen molar-refractivity contribution in [3.05, 3.63) is 35.4 Å². The lowest BCUT2D eigenvalue weighted by Crippen LogP contribution is -2.39. The number of hydrogen-bond donors (Lipinski definition) is 1. The minimum Gasteiger partial charge on any atom is -0.295 e. The topological polar surface area (TPSA) is 27.6 Å². The standard InChI is InChI=1S/C12H10F5N3S/c13-6-2-1-5(3-7(6)14)9-4-8(15)10-18-12(19-20(9)10)21-11(16)17/h1-3,8-11H,4H2,(H,18,19)/t8-,9-,10?/m0/s1. The number of nitrogens with one attached hydrogen (secondary N) is 1. The summed E-state index contributed by atoms with van der Waals surface area (Å²) in [6.07, 6.45) is -2.27. The van der Waals surface area contributed by atoms with Gasteiger partial charge in [0.25, 0.3) is 5.76 Å². The van der Waals surface area contributed by atoms with Crippen molar-refractivity contribution in [1.82, 2.24) is 10.4 Å². The molecule has 0 aromatic heterocycles. The fourth-order valence-electron chi connectivity index (χ4n) is 2.51. The molecule has 114 valence electrons. The second kappa shape index (κ2) is 5.45. The van der Waals surface area contributed by atoms with Crippen molar-refractivity contribution in [2.24, 2.45) is 4.99 Å². The van der Waals surface area contributed by atoms with Crippen LogP contribution < -0.4 is 5.43 Å². The molecule has 0 saturated carbocycles. The van der Waals surface area contributed by atoms with Gasteiger partial charge in [-0.3, -0.25) is 5.43 Å². The fraction of sp³-hybridized carbons (Fsp3) is 0.417. The van der Waals surface area contributed by atoms with E-state index in [1.807, 2.05) is 0 Å². The van der Waals surface area contributed by atoms with Crippen LogP contribution in [0.1, 0.15) is 18.0 Å². The maximum absolute atomic E-state index is 14.0. The zero-order chi connectivity index (χ0) is 15.1. The number of rotatable bonds is 2. The van der Waals surface area contributed by atoms with Gasteiger partial charge in [-0.05, 0) is 29.5 Å². The summed E-state index contributed by atoms with van der Waals surface area (Å²) in [6, 6.07) is 2.68. The van der Waals surface area contributed by atoms with Crippen LogP contribution in [-0.4, -0.2) is 28.3 Å². The molecule has 0 radical (unpaired) electrons. The van der Waals surface area contributed by atoms with E-state index in [2.05, 4.69) is 10.4 Å². The van der Waals surface area contributed by atoms with Gasteiger partial charge in [-0.25, -0.2) is 18.2 Å². The summed E-state index contributed by atoms with van der Waals surface area (Å²) < 4.78 is 64.8. The maximum Gasteiger partial charge on any atom is 0.291 e.